The van der Waals surface area contributed by atoms with Gasteiger partial charge in [0.2, 0.25) is 5.91 Å². The van der Waals surface area contributed by atoms with E-state index in [4.69, 9.17) is 9.47 Å². The van der Waals surface area contributed by atoms with Crippen LogP contribution in [0.25, 0.3) is 0 Å². The van der Waals surface area contributed by atoms with Gasteiger partial charge in [-0.05, 0) is 56.9 Å². The standard InChI is InChI=1S/C30H51N3O4/c1-22(2)33(30(35)25-13-12-23(3)28(17-25)37-15-9-14-36-5)21-27-19-31-18-26(27)20-32(4)29(34)16-24-10-7-6-8-11-24/h12-13,17,22-24,26-28,31H,6-11,14-16,18-21H2,1-5H3/t23?,26-,27-,28?/m0/s1. The number of amides is 2. The van der Waals surface area contributed by atoms with Crippen molar-refractivity contribution in [1.29, 1.82) is 0 Å². The smallest absolute Gasteiger partial charge is 0.253 e. The highest BCUT2D eigenvalue weighted by Gasteiger charge is 2.34. The number of nitrogens with one attached hydrogen (secondary N) is 1. The number of rotatable bonds is 13. The summed E-state index contributed by atoms with van der Waals surface area (Å²) in [5.41, 5.74) is 0.714. The van der Waals surface area contributed by atoms with E-state index in [9.17, 15) is 9.59 Å². The van der Waals surface area contributed by atoms with Crippen molar-refractivity contribution in [2.75, 3.05) is 53.6 Å². The van der Waals surface area contributed by atoms with E-state index in [1.54, 1.807) is 7.11 Å². The normalized spacial score (nSPS) is 26.4. The van der Waals surface area contributed by atoms with E-state index in [-0.39, 0.29) is 29.9 Å². The Morgan fingerprint density at radius 3 is 2.46 bits per heavy atom. The first-order valence-electron chi connectivity index (χ1n) is 14.6. The van der Waals surface area contributed by atoms with Crippen LogP contribution in [0.1, 0.15) is 65.7 Å². The Balaban J connectivity index is 1.58. The summed E-state index contributed by atoms with van der Waals surface area (Å²) in [6.45, 7) is 10.8. The van der Waals surface area contributed by atoms with Crippen LogP contribution in [0.2, 0.25) is 0 Å². The third-order valence-electron chi connectivity index (χ3n) is 8.41. The van der Waals surface area contributed by atoms with Gasteiger partial charge in [-0.1, -0.05) is 38.3 Å². The monoisotopic (exact) mass is 517 g/mol. The topological polar surface area (TPSA) is 71.1 Å². The van der Waals surface area contributed by atoms with Crippen molar-refractivity contribution < 1.29 is 19.1 Å². The third-order valence-corrected chi connectivity index (χ3v) is 8.41. The van der Waals surface area contributed by atoms with Gasteiger partial charge in [-0.2, -0.15) is 0 Å². The lowest BCUT2D eigenvalue weighted by molar-refractivity contribution is -0.132. The molecule has 1 N–H and O–H groups in total. The van der Waals surface area contributed by atoms with Gasteiger partial charge in [-0.25, -0.2) is 0 Å². The van der Waals surface area contributed by atoms with E-state index in [1.165, 1.54) is 32.1 Å². The molecule has 4 atom stereocenters. The summed E-state index contributed by atoms with van der Waals surface area (Å²) in [5.74, 6) is 1.80. The molecular formula is C30H51N3O4. The molecule has 1 aliphatic heterocycles. The lowest BCUT2D eigenvalue weighted by Crippen LogP contribution is -2.44. The lowest BCUT2D eigenvalue weighted by atomic mass is 9.86. The van der Waals surface area contributed by atoms with Crippen LogP contribution in [0, 0.1) is 23.7 Å². The van der Waals surface area contributed by atoms with Crippen LogP contribution in [0.5, 0.6) is 0 Å². The van der Waals surface area contributed by atoms with E-state index in [1.807, 2.05) is 29.0 Å². The van der Waals surface area contributed by atoms with Gasteiger partial charge in [-0.15, -0.1) is 0 Å². The molecule has 3 rings (SSSR count). The minimum Gasteiger partial charge on any atom is -0.385 e. The van der Waals surface area contributed by atoms with E-state index in [0.29, 0.717) is 49.5 Å². The largest absolute Gasteiger partial charge is 0.385 e. The van der Waals surface area contributed by atoms with Crippen molar-refractivity contribution in [2.24, 2.45) is 23.7 Å². The van der Waals surface area contributed by atoms with Crippen molar-refractivity contribution in [3.63, 3.8) is 0 Å². The van der Waals surface area contributed by atoms with Crippen LogP contribution in [-0.2, 0) is 19.1 Å². The number of hydrogen-bond acceptors (Lipinski definition) is 5. The molecule has 210 valence electrons. The Morgan fingerprint density at radius 1 is 1.08 bits per heavy atom. The van der Waals surface area contributed by atoms with Gasteiger partial charge >= 0.3 is 0 Å². The molecule has 0 bridgehead atoms. The second-order valence-electron chi connectivity index (χ2n) is 11.7. The Kier molecular flexibility index (Phi) is 12.1. The molecule has 0 spiro atoms. The molecule has 2 aliphatic carbocycles. The molecule has 37 heavy (non-hydrogen) atoms. The summed E-state index contributed by atoms with van der Waals surface area (Å²) in [6, 6.07) is 0.0918. The molecule has 0 aromatic heterocycles. The lowest BCUT2D eigenvalue weighted by Gasteiger charge is -2.34. The average molecular weight is 518 g/mol. The average Bonchev–Trinajstić information content (AvgIpc) is 3.32. The quantitative estimate of drug-likeness (QED) is 0.374. The van der Waals surface area contributed by atoms with Gasteiger partial charge in [0.25, 0.3) is 5.91 Å². The molecule has 0 aromatic carbocycles. The van der Waals surface area contributed by atoms with Crippen LogP contribution in [0.3, 0.4) is 0 Å². The minimum absolute atomic E-state index is 0.0658. The zero-order chi connectivity index (χ0) is 26.8. The van der Waals surface area contributed by atoms with E-state index < -0.39 is 0 Å². The summed E-state index contributed by atoms with van der Waals surface area (Å²) >= 11 is 0. The Morgan fingerprint density at radius 2 is 1.78 bits per heavy atom. The van der Waals surface area contributed by atoms with Gasteiger partial charge in [-0.3, -0.25) is 9.59 Å². The summed E-state index contributed by atoms with van der Waals surface area (Å²) in [4.78, 5) is 30.5. The molecule has 2 amide bonds. The SMILES string of the molecule is COCCCOC1C=C(C(=O)N(C[C@@H]2CNC[C@H]2CN(C)C(=O)CC2CCCCC2)C(C)C)C=CC1C. The first-order valence-corrected chi connectivity index (χ1v) is 14.6. The van der Waals surface area contributed by atoms with Crippen molar-refractivity contribution in [1.82, 2.24) is 15.1 Å². The molecule has 0 aromatic rings. The van der Waals surface area contributed by atoms with Crippen molar-refractivity contribution >= 4 is 11.8 Å². The zero-order valence-electron chi connectivity index (χ0n) is 23.9. The van der Waals surface area contributed by atoms with Gasteiger partial charge < -0.3 is 24.6 Å². The molecule has 1 heterocycles. The van der Waals surface area contributed by atoms with Gasteiger partial charge in [0.1, 0.15) is 0 Å². The predicted octanol–water partition coefficient (Wildman–Crippen LogP) is 4.04. The number of methoxy groups -OCH3 is 1. The number of carbonyl (C=O) groups excluding carboxylic acids is 2. The highest BCUT2D eigenvalue weighted by Crippen LogP contribution is 2.28. The fourth-order valence-electron chi connectivity index (χ4n) is 5.92. The summed E-state index contributed by atoms with van der Waals surface area (Å²) in [6.07, 6.45) is 13.7. The Bertz CT molecular complexity index is 790. The maximum Gasteiger partial charge on any atom is 0.253 e. The molecule has 7 heteroatoms. The van der Waals surface area contributed by atoms with Gasteiger partial charge in [0.05, 0.1) is 6.10 Å². The second-order valence-corrected chi connectivity index (χ2v) is 11.7. The number of hydrogen-bond donors (Lipinski definition) is 1. The van der Waals surface area contributed by atoms with Crippen molar-refractivity contribution in [3.05, 3.63) is 23.8 Å². The van der Waals surface area contributed by atoms with Gasteiger partial charge in [0, 0.05) is 77.5 Å². The second kappa shape index (κ2) is 15.0. The van der Waals surface area contributed by atoms with Crippen LogP contribution < -0.4 is 5.32 Å². The summed E-state index contributed by atoms with van der Waals surface area (Å²) < 4.78 is 11.2. The van der Waals surface area contributed by atoms with Crippen LogP contribution >= 0.6 is 0 Å². The molecular weight excluding hydrogens is 466 g/mol. The Labute approximate surface area is 225 Å². The number of nitrogens with zero attached hydrogens (tertiary/aromatic N) is 2. The van der Waals surface area contributed by atoms with Crippen LogP contribution in [-0.4, -0.2) is 87.3 Å². The molecule has 2 fully saturated rings. The third kappa shape index (κ3) is 8.93. The molecule has 7 nitrogen and oxygen atoms in total. The Hall–Kier alpha value is -1.70. The first-order chi connectivity index (χ1) is 17.8. The van der Waals surface area contributed by atoms with Crippen molar-refractivity contribution in [2.45, 2.75) is 77.9 Å². The van der Waals surface area contributed by atoms with E-state index >= 15 is 0 Å². The molecule has 0 radical (unpaired) electrons. The highest BCUT2D eigenvalue weighted by atomic mass is 16.5. The molecule has 3 aliphatic rings. The first kappa shape index (κ1) is 29.9. The van der Waals surface area contributed by atoms with E-state index in [2.05, 4.69) is 32.2 Å². The zero-order valence-corrected chi connectivity index (χ0v) is 23.9. The fourth-order valence-corrected chi connectivity index (χ4v) is 5.92. The molecule has 1 saturated carbocycles. The van der Waals surface area contributed by atoms with Crippen LogP contribution in [0.4, 0.5) is 0 Å². The van der Waals surface area contributed by atoms with E-state index in [0.717, 1.165) is 26.1 Å². The van der Waals surface area contributed by atoms with Gasteiger partial charge in [0.15, 0.2) is 0 Å². The summed E-state index contributed by atoms with van der Waals surface area (Å²) in [7, 11) is 3.65. The minimum atomic E-state index is -0.0976. The number of ether oxygens (including phenoxy) is 2. The maximum atomic E-state index is 13.7. The van der Waals surface area contributed by atoms with Crippen molar-refractivity contribution in [3.8, 4) is 0 Å². The highest BCUT2D eigenvalue weighted by molar-refractivity contribution is 5.96. The number of carbonyl (C=O) groups is 2. The maximum absolute atomic E-state index is 13.7. The molecule has 2 unspecified atom stereocenters. The fraction of sp³-hybridized carbons (Fsp3) is 0.800. The van der Waals surface area contributed by atoms with Crippen LogP contribution in [0.15, 0.2) is 23.8 Å². The molecule has 1 saturated heterocycles. The predicted molar refractivity (Wildman–Crippen MR) is 148 cm³/mol. The summed E-state index contributed by atoms with van der Waals surface area (Å²) in [5, 5.41) is 3.52.